The number of cyclic esters (lactones) is 2. The summed E-state index contributed by atoms with van der Waals surface area (Å²) in [5.74, 6) is -0.0867. The topological polar surface area (TPSA) is 61.8 Å². The number of carbonyl (C=O) groups is 2. The van der Waals surface area contributed by atoms with E-state index in [0.717, 1.165) is 0 Å². The van der Waals surface area contributed by atoms with Crippen LogP contribution in [0, 0.1) is 12.3 Å². The van der Waals surface area contributed by atoms with Gasteiger partial charge in [-0.15, -0.1) is 6.42 Å². The van der Waals surface area contributed by atoms with Gasteiger partial charge in [0.15, 0.2) is 5.75 Å². The molecule has 2 rings (SSSR count). The van der Waals surface area contributed by atoms with E-state index in [9.17, 15) is 9.59 Å². The van der Waals surface area contributed by atoms with Crippen LogP contribution in [-0.4, -0.2) is 24.3 Å². The lowest BCUT2D eigenvalue weighted by molar-refractivity contribution is -0.222. The van der Waals surface area contributed by atoms with Crippen molar-refractivity contribution in [3.63, 3.8) is 0 Å². The zero-order chi connectivity index (χ0) is 17.2. The van der Waals surface area contributed by atoms with Gasteiger partial charge in [0.2, 0.25) is 0 Å². The van der Waals surface area contributed by atoms with Crippen LogP contribution in [0.3, 0.4) is 0 Å². The Morgan fingerprint density at radius 1 is 1.35 bits per heavy atom. The summed E-state index contributed by atoms with van der Waals surface area (Å²) in [7, 11) is 0. The van der Waals surface area contributed by atoms with Crippen molar-refractivity contribution in [3.05, 3.63) is 32.8 Å². The third kappa shape index (κ3) is 4.06. The van der Waals surface area contributed by atoms with E-state index < -0.39 is 17.7 Å². The van der Waals surface area contributed by atoms with Gasteiger partial charge in [0.1, 0.15) is 12.2 Å². The van der Waals surface area contributed by atoms with Gasteiger partial charge in [0, 0.05) is 13.8 Å². The van der Waals surface area contributed by atoms with Gasteiger partial charge in [0.25, 0.3) is 5.79 Å². The normalized spacial score (nSPS) is 16.2. The first kappa shape index (κ1) is 17.4. The Hall–Kier alpha value is -1.97. The molecule has 1 heterocycles. The van der Waals surface area contributed by atoms with Crippen molar-refractivity contribution < 1.29 is 23.8 Å². The molecule has 1 saturated heterocycles. The van der Waals surface area contributed by atoms with Crippen LogP contribution in [0.5, 0.6) is 5.75 Å². The molecule has 1 aromatic rings. The molecule has 0 spiro atoms. The third-order valence-electron chi connectivity index (χ3n) is 2.75. The van der Waals surface area contributed by atoms with E-state index in [4.69, 9.17) is 32.2 Å². The van der Waals surface area contributed by atoms with Gasteiger partial charge in [-0.2, -0.15) is 0 Å². The maximum absolute atomic E-state index is 11.9. The lowest BCUT2D eigenvalue weighted by atomic mass is 10.1. The fourth-order valence-electron chi connectivity index (χ4n) is 1.86. The van der Waals surface area contributed by atoms with E-state index in [-0.39, 0.29) is 17.2 Å². The number of rotatable bonds is 3. The van der Waals surface area contributed by atoms with Crippen molar-refractivity contribution in [2.75, 3.05) is 6.61 Å². The third-order valence-corrected chi connectivity index (χ3v) is 3.62. The molecular formula is C16H12BrClO5. The molecule has 0 aromatic heterocycles. The number of hydrogen-bond donors (Lipinski definition) is 0. The van der Waals surface area contributed by atoms with Crippen LogP contribution < -0.4 is 4.74 Å². The predicted octanol–water partition coefficient (Wildman–Crippen LogP) is 3.33. The summed E-state index contributed by atoms with van der Waals surface area (Å²) < 4.78 is 15.9. The van der Waals surface area contributed by atoms with Crippen LogP contribution >= 0.6 is 27.5 Å². The quantitative estimate of drug-likeness (QED) is 0.338. The highest BCUT2D eigenvalue weighted by Crippen LogP contribution is 2.35. The number of esters is 2. The first-order valence-electron chi connectivity index (χ1n) is 6.47. The second-order valence-corrected chi connectivity index (χ2v) is 6.30. The van der Waals surface area contributed by atoms with Gasteiger partial charge in [-0.05, 0) is 39.7 Å². The Bertz CT molecular complexity index is 700. The van der Waals surface area contributed by atoms with Crippen molar-refractivity contribution in [2.24, 2.45) is 0 Å². The van der Waals surface area contributed by atoms with Crippen LogP contribution in [0.4, 0.5) is 0 Å². The van der Waals surface area contributed by atoms with Gasteiger partial charge in [0.05, 0.1) is 9.50 Å². The zero-order valence-electron chi connectivity index (χ0n) is 12.3. The van der Waals surface area contributed by atoms with Gasteiger partial charge in [-0.25, -0.2) is 9.59 Å². The Morgan fingerprint density at radius 2 is 1.96 bits per heavy atom. The van der Waals surface area contributed by atoms with Gasteiger partial charge >= 0.3 is 11.9 Å². The number of benzene rings is 1. The highest BCUT2D eigenvalue weighted by atomic mass is 79.9. The fraction of sp³-hybridized carbons (Fsp3) is 0.250. The van der Waals surface area contributed by atoms with E-state index >= 15 is 0 Å². The molecule has 1 aliphatic heterocycles. The van der Waals surface area contributed by atoms with Crippen LogP contribution in [0.25, 0.3) is 6.08 Å². The molecule has 1 aliphatic rings. The summed E-state index contributed by atoms with van der Waals surface area (Å²) in [6.07, 6.45) is 6.47. The Kier molecular flexibility index (Phi) is 5.03. The molecule has 7 heteroatoms. The summed E-state index contributed by atoms with van der Waals surface area (Å²) >= 11 is 9.42. The highest BCUT2D eigenvalue weighted by Gasteiger charge is 2.38. The van der Waals surface area contributed by atoms with Crippen LogP contribution in [0.1, 0.15) is 19.4 Å². The van der Waals surface area contributed by atoms with Crippen LogP contribution in [0.15, 0.2) is 22.2 Å². The summed E-state index contributed by atoms with van der Waals surface area (Å²) in [5, 5.41) is 0.277. The standard InChI is InChI=1S/C16H12BrClO5/c1-4-5-21-13-11(17)7-9(8-12(13)18)6-10-14(19)22-16(2,3)23-15(10)20/h1,6-8H,5H2,2-3H3. The number of carbonyl (C=O) groups excluding carboxylic acids is 2. The molecule has 0 atom stereocenters. The number of hydrogen-bond acceptors (Lipinski definition) is 5. The first-order chi connectivity index (χ1) is 10.7. The lowest BCUT2D eigenvalue weighted by Gasteiger charge is -2.29. The monoisotopic (exact) mass is 398 g/mol. The Morgan fingerprint density at radius 3 is 2.48 bits per heavy atom. The largest absolute Gasteiger partial charge is 0.478 e. The van der Waals surface area contributed by atoms with E-state index in [2.05, 4.69) is 21.9 Å². The van der Waals surface area contributed by atoms with Crippen LogP contribution in [-0.2, 0) is 19.1 Å². The molecule has 0 N–H and O–H groups in total. The molecule has 0 unspecified atom stereocenters. The molecule has 1 fully saturated rings. The minimum Gasteiger partial charge on any atom is -0.478 e. The van der Waals surface area contributed by atoms with E-state index in [0.29, 0.717) is 15.8 Å². The predicted molar refractivity (Wildman–Crippen MR) is 87.7 cm³/mol. The molecule has 0 aliphatic carbocycles. The SMILES string of the molecule is C#CCOc1c(Cl)cc(C=C2C(=O)OC(C)(C)OC2=O)cc1Br. The molecule has 1 aromatic carbocycles. The second-order valence-electron chi connectivity index (χ2n) is 5.04. The van der Waals surface area contributed by atoms with Crippen molar-refractivity contribution in [3.8, 4) is 18.1 Å². The molecular weight excluding hydrogens is 388 g/mol. The van der Waals surface area contributed by atoms with E-state index in [1.807, 2.05) is 0 Å². The fourth-order valence-corrected chi connectivity index (χ4v) is 2.85. The molecule has 5 nitrogen and oxygen atoms in total. The number of halogens is 2. The molecule has 0 bridgehead atoms. The van der Waals surface area contributed by atoms with Gasteiger partial charge in [-0.1, -0.05) is 17.5 Å². The smallest absolute Gasteiger partial charge is 0.348 e. The molecule has 0 saturated carbocycles. The zero-order valence-corrected chi connectivity index (χ0v) is 14.7. The van der Waals surface area contributed by atoms with E-state index in [1.54, 1.807) is 6.07 Å². The molecule has 120 valence electrons. The summed E-state index contributed by atoms with van der Waals surface area (Å²) in [5.41, 5.74) is 0.281. The van der Waals surface area contributed by atoms with Crippen LogP contribution in [0.2, 0.25) is 5.02 Å². The molecule has 23 heavy (non-hydrogen) atoms. The second kappa shape index (κ2) is 6.65. The molecule has 0 amide bonds. The first-order valence-corrected chi connectivity index (χ1v) is 7.64. The van der Waals surface area contributed by atoms with E-state index in [1.165, 1.54) is 26.0 Å². The average Bonchev–Trinajstić information content (AvgIpc) is 2.41. The summed E-state index contributed by atoms with van der Waals surface area (Å²) in [6, 6.07) is 3.16. The Balaban J connectivity index is 2.35. The number of terminal acetylenes is 1. The minimum absolute atomic E-state index is 0.0620. The minimum atomic E-state index is -1.28. The summed E-state index contributed by atoms with van der Waals surface area (Å²) in [4.78, 5) is 23.8. The van der Waals surface area contributed by atoms with Crippen molar-refractivity contribution >= 4 is 45.5 Å². The molecule has 0 radical (unpaired) electrons. The summed E-state index contributed by atoms with van der Waals surface area (Å²) in [6.45, 7) is 3.02. The van der Waals surface area contributed by atoms with Gasteiger partial charge in [-0.3, -0.25) is 0 Å². The highest BCUT2D eigenvalue weighted by molar-refractivity contribution is 9.10. The van der Waals surface area contributed by atoms with Crippen molar-refractivity contribution in [1.82, 2.24) is 0 Å². The van der Waals surface area contributed by atoms with Crippen molar-refractivity contribution in [1.29, 1.82) is 0 Å². The van der Waals surface area contributed by atoms with Gasteiger partial charge < -0.3 is 14.2 Å². The van der Waals surface area contributed by atoms with Crippen molar-refractivity contribution in [2.45, 2.75) is 19.6 Å². The lowest BCUT2D eigenvalue weighted by Crippen LogP contribution is -2.41. The maximum atomic E-state index is 11.9. The average molecular weight is 400 g/mol. The number of ether oxygens (including phenoxy) is 3. The Labute approximate surface area is 146 Å². The maximum Gasteiger partial charge on any atom is 0.348 e.